The zero-order valence-electron chi connectivity index (χ0n) is 11.7. The molecule has 0 fully saturated rings. The van der Waals surface area contributed by atoms with E-state index < -0.39 is 0 Å². The summed E-state index contributed by atoms with van der Waals surface area (Å²) in [6, 6.07) is 17.7. The summed E-state index contributed by atoms with van der Waals surface area (Å²) in [6.07, 6.45) is 1.81. The minimum Gasteiger partial charge on any atom is -0.399 e. The van der Waals surface area contributed by atoms with E-state index in [4.69, 9.17) is 17.3 Å². The van der Waals surface area contributed by atoms with Gasteiger partial charge in [0.15, 0.2) is 0 Å². The van der Waals surface area contributed by atoms with Crippen LogP contribution in [0.15, 0.2) is 60.8 Å². The van der Waals surface area contributed by atoms with Gasteiger partial charge in [0.2, 0.25) is 0 Å². The van der Waals surface area contributed by atoms with Crippen LogP contribution in [0, 0.1) is 0 Å². The van der Waals surface area contributed by atoms with Crippen molar-refractivity contribution >= 4 is 39.6 Å². The van der Waals surface area contributed by atoms with Gasteiger partial charge in [0.1, 0.15) is 5.50 Å². The highest BCUT2D eigenvalue weighted by Gasteiger charge is 2.17. The summed E-state index contributed by atoms with van der Waals surface area (Å²) < 4.78 is 0. The zero-order chi connectivity index (χ0) is 14.8. The minimum absolute atomic E-state index is 0.195. The Morgan fingerprint density at radius 1 is 1.05 bits per heavy atom. The molecule has 1 heterocycles. The van der Waals surface area contributed by atoms with Crippen LogP contribution in [0.1, 0.15) is 6.92 Å². The third kappa shape index (κ3) is 2.65. The lowest BCUT2D eigenvalue weighted by Gasteiger charge is -2.28. The third-order valence-electron chi connectivity index (χ3n) is 3.41. The molecule has 0 spiro atoms. The first kappa shape index (κ1) is 13.7. The van der Waals surface area contributed by atoms with Crippen molar-refractivity contribution in [2.75, 3.05) is 10.6 Å². The molecule has 0 radical (unpaired) electrons. The van der Waals surface area contributed by atoms with Gasteiger partial charge in [-0.25, -0.2) is 0 Å². The largest absolute Gasteiger partial charge is 0.399 e. The van der Waals surface area contributed by atoms with Crippen LogP contribution in [-0.4, -0.2) is 10.5 Å². The number of hydrogen-bond donors (Lipinski definition) is 1. The summed E-state index contributed by atoms with van der Waals surface area (Å²) in [4.78, 5) is 6.48. The van der Waals surface area contributed by atoms with Gasteiger partial charge in [0, 0.05) is 23.0 Å². The van der Waals surface area contributed by atoms with E-state index in [0.29, 0.717) is 0 Å². The molecule has 2 N–H and O–H groups in total. The molecule has 1 unspecified atom stereocenters. The van der Waals surface area contributed by atoms with Crippen molar-refractivity contribution in [3.63, 3.8) is 0 Å². The fourth-order valence-corrected chi connectivity index (χ4v) is 2.68. The van der Waals surface area contributed by atoms with E-state index in [1.807, 2.05) is 55.5 Å². The molecule has 1 atom stereocenters. The Hall–Kier alpha value is -2.26. The monoisotopic (exact) mass is 297 g/mol. The number of halogens is 1. The Labute approximate surface area is 129 Å². The lowest BCUT2D eigenvalue weighted by molar-refractivity contribution is 0.950. The van der Waals surface area contributed by atoms with Gasteiger partial charge in [-0.1, -0.05) is 29.8 Å². The van der Waals surface area contributed by atoms with E-state index in [1.165, 1.54) is 0 Å². The minimum atomic E-state index is -0.195. The smallest absolute Gasteiger partial charge is 0.106 e. The van der Waals surface area contributed by atoms with E-state index in [1.54, 1.807) is 6.20 Å². The fourth-order valence-electron chi connectivity index (χ4n) is 2.46. The van der Waals surface area contributed by atoms with Gasteiger partial charge in [0.05, 0.1) is 11.2 Å². The Bertz CT molecular complexity index is 748. The van der Waals surface area contributed by atoms with Gasteiger partial charge < -0.3 is 10.6 Å². The number of nitrogens with zero attached hydrogens (tertiary/aromatic N) is 2. The summed E-state index contributed by atoms with van der Waals surface area (Å²) in [5.74, 6) is 0. The Morgan fingerprint density at radius 3 is 2.48 bits per heavy atom. The van der Waals surface area contributed by atoms with Crippen LogP contribution < -0.4 is 10.6 Å². The maximum Gasteiger partial charge on any atom is 0.106 e. The molecular formula is C17H16ClN3. The maximum absolute atomic E-state index is 6.43. The summed E-state index contributed by atoms with van der Waals surface area (Å²) in [5.41, 5.74) is 9.30. The van der Waals surface area contributed by atoms with Gasteiger partial charge in [-0.05, 0) is 43.3 Å². The highest BCUT2D eigenvalue weighted by Crippen LogP contribution is 2.34. The van der Waals surface area contributed by atoms with Gasteiger partial charge in [0.25, 0.3) is 0 Å². The number of aromatic nitrogens is 1. The molecule has 1 aromatic heterocycles. The second-order valence-electron chi connectivity index (χ2n) is 4.88. The lowest BCUT2D eigenvalue weighted by atomic mass is 10.1. The first-order valence-electron chi connectivity index (χ1n) is 6.79. The molecule has 4 heteroatoms. The molecule has 0 amide bonds. The number of nitrogens with two attached hydrogens (primary N) is 1. The van der Waals surface area contributed by atoms with Crippen molar-refractivity contribution in [2.45, 2.75) is 12.4 Å². The first-order chi connectivity index (χ1) is 10.2. The van der Waals surface area contributed by atoms with Crippen molar-refractivity contribution in [3.05, 3.63) is 60.8 Å². The molecule has 2 aromatic carbocycles. The summed E-state index contributed by atoms with van der Waals surface area (Å²) in [7, 11) is 0. The summed E-state index contributed by atoms with van der Waals surface area (Å²) in [5, 5.41) is 1.07. The second-order valence-corrected chi connectivity index (χ2v) is 5.51. The van der Waals surface area contributed by atoms with Gasteiger partial charge in [-0.3, -0.25) is 4.98 Å². The lowest BCUT2D eigenvalue weighted by Crippen LogP contribution is -2.23. The van der Waals surface area contributed by atoms with Crippen LogP contribution in [0.2, 0.25) is 0 Å². The Kier molecular flexibility index (Phi) is 3.67. The van der Waals surface area contributed by atoms with Crippen LogP contribution in [0.25, 0.3) is 10.9 Å². The van der Waals surface area contributed by atoms with Crippen molar-refractivity contribution in [1.82, 2.24) is 4.98 Å². The highest BCUT2D eigenvalue weighted by molar-refractivity contribution is 6.22. The van der Waals surface area contributed by atoms with Crippen LogP contribution in [0.5, 0.6) is 0 Å². The molecule has 0 aliphatic rings. The number of fused-ring (bicyclic) bond motifs is 1. The third-order valence-corrected chi connectivity index (χ3v) is 3.61. The predicted molar refractivity (Wildman–Crippen MR) is 90.1 cm³/mol. The van der Waals surface area contributed by atoms with Crippen LogP contribution >= 0.6 is 11.6 Å². The Morgan fingerprint density at radius 2 is 1.76 bits per heavy atom. The van der Waals surface area contributed by atoms with Gasteiger partial charge in [-0.2, -0.15) is 0 Å². The maximum atomic E-state index is 6.43. The number of benzene rings is 2. The van der Waals surface area contributed by atoms with E-state index in [9.17, 15) is 0 Å². The van der Waals surface area contributed by atoms with Crippen molar-refractivity contribution in [3.8, 4) is 0 Å². The van der Waals surface area contributed by atoms with Gasteiger partial charge in [-0.15, -0.1) is 0 Å². The van der Waals surface area contributed by atoms with E-state index in [0.717, 1.165) is 28.0 Å². The standard InChI is InChI=1S/C17H16ClN3/c1-12(18)21(14-8-6-13(19)7-9-14)17-10-11-20-16-5-3-2-4-15(16)17/h2-12H,19H2,1H3. The molecule has 0 bridgehead atoms. The molecule has 0 saturated carbocycles. The van der Waals surface area contributed by atoms with Crippen molar-refractivity contribution in [1.29, 1.82) is 0 Å². The number of para-hydroxylation sites is 1. The molecular weight excluding hydrogens is 282 g/mol. The van der Waals surface area contributed by atoms with E-state index >= 15 is 0 Å². The average Bonchev–Trinajstić information content (AvgIpc) is 2.49. The predicted octanol–water partition coefficient (Wildman–Crippen LogP) is 4.54. The van der Waals surface area contributed by atoms with E-state index in [-0.39, 0.29) is 5.50 Å². The number of anilines is 3. The molecule has 0 aliphatic heterocycles. The second kappa shape index (κ2) is 5.62. The molecule has 0 saturated heterocycles. The Balaban J connectivity index is 2.18. The number of rotatable bonds is 3. The van der Waals surface area contributed by atoms with Crippen molar-refractivity contribution in [2.24, 2.45) is 0 Å². The zero-order valence-corrected chi connectivity index (χ0v) is 12.5. The number of nitrogen functional groups attached to an aromatic ring is 1. The number of hydrogen-bond acceptors (Lipinski definition) is 3. The normalized spacial score (nSPS) is 12.3. The molecule has 3 aromatic rings. The van der Waals surface area contributed by atoms with Crippen LogP contribution in [-0.2, 0) is 0 Å². The molecule has 3 nitrogen and oxygen atoms in total. The van der Waals surface area contributed by atoms with Crippen LogP contribution in [0.3, 0.4) is 0 Å². The summed E-state index contributed by atoms with van der Waals surface area (Å²) >= 11 is 6.43. The van der Waals surface area contributed by atoms with E-state index in [2.05, 4.69) is 16.0 Å². The number of alkyl halides is 1. The number of pyridine rings is 1. The molecule has 21 heavy (non-hydrogen) atoms. The first-order valence-corrected chi connectivity index (χ1v) is 7.23. The molecule has 0 aliphatic carbocycles. The quantitative estimate of drug-likeness (QED) is 0.438. The van der Waals surface area contributed by atoms with Crippen molar-refractivity contribution < 1.29 is 0 Å². The molecule has 3 rings (SSSR count). The summed E-state index contributed by atoms with van der Waals surface area (Å²) in [6.45, 7) is 1.95. The highest BCUT2D eigenvalue weighted by atomic mass is 35.5. The SMILES string of the molecule is CC(Cl)N(c1ccc(N)cc1)c1ccnc2ccccc12. The fraction of sp³-hybridized carbons (Fsp3) is 0.118. The topological polar surface area (TPSA) is 42.1 Å². The van der Waals surface area contributed by atoms with Crippen LogP contribution in [0.4, 0.5) is 17.1 Å². The average molecular weight is 298 g/mol. The molecule has 106 valence electrons. The van der Waals surface area contributed by atoms with Gasteiger partial charge >= 0.3 is 0 Å².